The van der Waals surface area contributed by atoms with E-state index < -0.39 is 6.09 Å². The molecular weight excluding hydrogens is 636 g/mol. The molecule has 1 aliphatic heterocycles. The lowest BCUT2D eigenvalue weighted by Crippen LogP contribution is -2.32. The quantitative estimate of drug-likeness (QED) is 0.160. The van der Waals surface area contributed by atoms with E-state index in [2.05, 4.69) is 85.3 Å². The maximum Gasteiger partial charge on any atom is 0.404 e. The number of aromatic amines is 2. The van der Waals surface area contributed by atoms with E-state index in [-0.39, 0.29) is 12.2 Å². The van der Waals surface area contributed by atoms with E-state index >= 15 is 0 Å². The highest BCUT2D eigenvalue weighted by atomic mass is 16.5. The first-order chi connectivity index (χ1) is 24.5. The lowest BCUT2D eigenvalue weighted by molar-refractivity contribution is -0.00877. The average Bonchev–Trinajstić information content (AvgIpc) is 3.97. The lowest BCUT2D eigenvalue weighted by Gasteiger charge is -2.18. The molecule has 0 bridgehead atoms. The van der Waals surface area contributed by atoms with Crippen LogP contribution in [0, 0.1) is 11.8 Å². The molecule has 0 aromatic carbocycles. The van der Waals surface area contributed by atoms with Crippen molar-refractivity contribution in [3.8, 4) is 0 Å². The zero-order chi connectivity index (χ0) is 34.2. The summed E-state index contributed by atoms with van der Waals surface area (Å²) >= 11 is 0. The normalized spacial score (nSPS) is 25.6. The SMILES string of the molecule is CC[C@@H]1C[C@H](O[C@H]2C[C@@H](CC)[C@@H](c3nnc4cnc5[nH]ccc5n34)C2)C[C@@H]1c1nnc2cnc3[nH]ccc3n12.O=C(O)NCCN1CCCC1. The number of aromatic nitrogens is 10. The molecule has 3 aliphatic rings. The van der Waals surface area contributed by atoms with E-state index in [0.29, 0.717) is 30.2 Å². The minimum absolute atomic E-state index is 0.216. The third-order valence-corrected chi connectivity index (χ3v) is 11.2. The Bertz CT molecular complexity index is 1950. The molecule has 1 amide bonds. The number of amides is 1. The van der Waals surface area contributed by atoms with Crippen molar-refractivity contribution in [1.82, 2.24) is 59.3 Å². The van der Waals surface area contributed by atoms with Gasteiger partial charge in [-0.25, -0.2) is 14.8 Å². The van der Waals surface area contributed by atoms with Crippen LogP contribution in [0.4, 0.5) is 4.79 Å². The molecule has 6 aromatic rings. The van der Waals surface area contributed by atoms with Gasteiger partial charge in [-0.05, 0) is 75.6 Å². The molecule has 0 spiro atoms. The second-order valence-corrected chi connectivity index (χ2v) is 14.1. The number of likely N-dealkylation sites (tertiary alicyclic amines) is 1. The number of hydrogen-bond donors (Lipinski definition) is 4. The smallest absolute Gasteiger partial charge is 0.404 e. The summed E-state index contributed by atoms with van der Waals surface area (Å²) in [6, 6.07) is 4.11. The molecule has 15 nitrogen and oxygen atoms in total. The third-order valence-electron chi connectivity index (χ3n) is 11.2. The highest BCUT2D eigenvalue weighted by Crippen LogP contribution is 2.47. The fourth-order valence-electron chi connectivity index (χ4n) is 8.78. The summed E-state index contributed by atoms with van der Waals surface area (Å²) in [5.74, 6) is 3.71. The van der Waals surface area contributed by atoms with Crippen LogP contribution in [0.5, 0.6) is 0 Å². The van der Waals surface area contributed by atoms with Gasteiger partial charge in [0, 0.05) is 37.3 Å². The zero-order valence-electron chi connectivity index (χ0n) is 28.7. The van der Waals surface area contributed by atoms with Crippen LogP contribution in [0.2, 0.25) is 0 Å². The Hall–Kier alpha value is -4.63. The second kappa shape index (κ2) is 13.9. The van der Waals surface area contributed by atoms with Crippen LogP contribution < -0.4 is 5.32 Å². The Morgan fingerprint density at radius 3 is 1.82 bits per heavy atom. The molecule has 6 atom stereocenters. The van der Waals surface area contributed by atoms with Crippen molar-refractivity contribution in [2.24, 2.45) is 11.8 Å². The van der Waals surface area contributed by atoms with Gasteiger partial charge in [0.25, 0.3) is 0 Å². The molecule has 4 N–H and O–H groups in total. The van der Waals surface area contributed by atoms with Gasteiger partial charge in [-0.2, -0.15) is 0 Å². The monoisotopic (exact) mass is 682 g/mol. The van der Waals surface area contributed by atoms with Crippen LogP contribution in [-0.4, -0.2) is 104 Å². The number of nitrogens with zero attached hydrogens (tertiary/aromatic N) is 9. The van der Waals surface area contributed by atoms with E-state index in [9.17, 15) is 4.79 Å². The van der Waals surface area contributed by atoms with Crippen LogP contribution in [0.1, 0.15) is 88.7 Å². The van der Waals surface area contributed by atoms with Crippen molar-refractivity contribution in [3.63, 3.8) is 0 Å². The summed E-state index contributed by atoms with van der Waals surface area (Å²) < 4.78 is 11.3. The molecule has 7 heterocycles. The summed E-state index contributed by atoms with van der Waals surface area (Å²) in [5.41, 5.74) is 5.38. The molecular formula is C35H46N12O3. The van der Waals surface area contributed by atoms with Gasteiger partial charge in [-0.15, -0.1) is 20.4 Å². The number of ether oxygens (including phenoxy) is 1. The van der Waals surface area contributed by atoms with Crippen molar-refractivity contribution in [2.45, 2.75) is 89.3 Å². The van der Waals surface area contributed by atoms with Crippen molar-refractivity contribution < 1.29 is 14.6 Å². The molecule has 1 saturated heterocycles. The van der Waals surface area contributed by atoms with Crippen LogP contribution >= 0.6 is 0 Å². The molecule has 3 fully saturated rings. The van der Waals surface area contributed by atoms with Crippen molar-refractivity contribution in [1.29, 1.82) is 0 Å². The predicted molar refractivity (Wildman–Crippen MR) is 187 cm³/mol. The number of carbonyl (C=O) groups is 1. The third kappa shape index (κ3) is 6.17. The number of carboxylic acid groups (broad SMARTS) is 1. The first-order valence-corrected chi connectivity index (χ1v) is 18.2. The summed E-state index contributed by atoms with van der Waals surface area (Å²) in [7, 11) is 0. The maximum absolute atomic E-state index is 10.0. The molecule has 2 aliphatic carbocycles. The highest BCUT2D eigenvalue weighted by molar-refractivity contribution is 5.75. The number of fused-ring (bicyclic) bond motifs is 6. The topological polar surface area (TPSA) is 180 Å². The molecule has 2 saturated carbocycles. The Labute approximate surface area is 289 Å². The Kier molecular flexibility index (Phi) is 9.08. The molecule has 15 heteroatoms. The first-order valence-electron chi connectivity index (χ1n) is 18.2. The van der Waals surface area contributed by atoms with E-state index in [0.717, 1.165) is 103 Å². The summed E-state index contributed by atoms with van der Waals surface area (Å²) in [6.45, 7) is 8.22. The minimum Gasteiger partial charge on any atom is -0.465 e. The number of hydrogen-bond acceptors (Lipinski definition) is 9. The highest BCUT2D eigenvalue weighted by Gasteiger charge is 2.42. The maximum atomic E-state index is 10.0. The van der Waals surface area contributed by atoms with Gasteiger partial charge in [0.2, 0.25) is 0 Å². The molecule has 0 unspecified atom stereocenters. The van der Waals surface area contributed by atoms with E-state index in [4.69, 9.17) is 9.84 Å². The predicted octanol–water partition coefficient (Wildman–Crippen LogP) is 5.14. The fourth-order valence-corrected chi connectivity index (χ4v) is 8.78. The van der Waals surface area contributed by atoms with Crippen molar-refractivity contribution in [3.05, 3.63) is 48.6 Å². The van der Waals surface area contributed by atoms with Crippen molar-refractivity contribution in [2.75, 3.05) is 26.2 Å². The number of rotatable bonds is 9. The van der Waals surface area contributed by atoms with Gasteiger partial charge in [0.15, 0.2) is 22.6 Å². The van der Waals surface area contributed by atoms with Crippen LogP contribution in [0.15, 0.2) is 36.9 Å². The zero-order valence-corrected chi connectivity index (χ0v) is 28.7. The van der Waals surface area contributed by atoms with Gasteiger partial charge in [-0.3, -0.25) is 8.80 Å². The van der Waals surface area contributed by atoms with E-state index in [1.54, 1.807) is 12.4 Å². The van der Waals surface area contributed by atoms with Gasteiger partial charge >= 0.3 is 6.09 Å². The second-order valence-electron chi connectivity index (χ2n) is 14.1. The molecule has 0 radical (unpaired) electrons. The Morgan fingerprint density at radius 2 is 1.34 bits per heavy atom. The van der Waals surface area contributed by atoms with Crippen LogP contribution in [0.25, 0.3) is 33.6 Å². The minimum atomic E-state index is -0.927. The summed E-state index contributed by atoms with van der Waals surface area (Å²) in [5, 5.41) is 28.9. The van der Waals surface area contributed by atoms with Gasteiger partial charge in [0.1, 0.15) is 11.6 Å². The van der Waals surface area contributed by atoms with E-state index in [1.165, 1.54) is 12.8 Å². The van der Waals surface area contributed by atoms with Gasteiger partial charge in [0.05, 0.1) is 35.6 Å². The van der Waals surface area contributed by atoms with Gasteiger partial charge in [-0.1, -0.05) is 26.7 Å². The van der Waals surface area contributed by atoms with Crippen LogP contribution in [0.3, 0.4) is 0 Å². The van der Waals surface area contributed by atoms with Crippen LogP contribution in [-0.2, 0) is 4.74 Å². The van der Waals surface area contributed by atoms with Crippen molar-refractivity contribution >= 4 is 39.7 Å². The average molecular weight is 683 g/mol. The lowest BCUT2D eigenvalue weighted by atomic mass is 9.93. The largest absolute Gasteiger partial charge is 0.465 e. The van der Waals surface area contributed by atoms with Gasteiger partial charge < -0.3 is 30.0 Å². The Morgan fingerprint density at radius 1 is 0.820 bits per heavy atom. The molecule has 6 aromatic heterocycles. The molecule has 50 heavy (non-hydrogen) atoms. The Balaban J connectivity index is 0.000000283. The summed E-state index contributed by atoms with van der Waals surface area (Å²) in [4.78, 5) is 27.7. The van der Waals surface area contributed by atoms with E-state index in [1.807, 2.05) is 12.4 Å². The summed E-state index contributed by atoms with van der Waals surface area (Å²) in [6.07, 6.45) is 15.7. The fraction of sp³-hybridized carbons (Fsp3) is 0.571. The molecule has 9 rings (SSSR count). The number of H-pyrrole nitrogens is 2. The number of nitrogens with one attached hydrogen (secondary N) is 3. The first kappa shape index (κ1) is 32.6. The standard InChI is InChI=1S/C28H32N10O.C7H14N2O2/c1-3-15-9-17(11-19(15)27-35-33-23-13-31-25-21(37(23)27)5-7-29-25)39-18-10-16(4-2)20(12-18)28-36-34-24-14-32-26-22(38(24)28)6-8-30-26;10-7(11)8-3-6-9-4-1-2-5-9/h5-8,13-20,29-30H,3-4,9-12H2,1-2H3;8H,1-6H2,(H,10,11)/t15-,16-,17+,18+,19+,20+;/m1./s1. The molecule has 264 valence electrons.